The quantitative estimate of drug-likeness (QED) is 0.933. The summed E-state index contributed by atoms with van der Waals surface area (Å²) in [6.45, 7) is 2.39. The van der Waals surface area contributed by atoms with E-state index in [1.807, 2.05) is 24.3 Å². The number of hydrogen-bond donors (Lipinski definition) is 1. The number of fused-ring (bicyclic) bond motifs is 1. The second-order valence-electron chi connectivity index (χ2n) is 6.00. The topological polar surface area (TPSA) is 76.0 Å². The Morgan fingerprint density at radius 3 is 3.04 bits per heavy atom. The van der Waals surface area contributed by atoms with Gasteiger partial charge in [-0.05, 0) is 24.1 Å². The van der Waals surface area contributed by atoms with Crippen molar-refractivity contribution < 1.29 is 4.79 Å². The molecule has 0 aliphatic carbocycles. The highest BCUT2D eigenvalue weighted by molar-refractivity contribution is 5.93. The van der Waals surface area contributed by atoms with Crippen molar-refractivity contribution in [3.05, 3.63) is 52.3 Å². The minimum Gasteiger partial charge on any atom is -0.343 e. The van der Waals surface area contributed by atoms with Crippen LogP contribution in [0, 0.1) is 11.3 Å². The summed E-state index contributed by atoms with van der Waals surface area (Å²) in [5, 5.41) is 16.2. The fourth-order valence-corrected chi connectivity index (χ4v) is 2.90. The van der Waals surface area contributed by atoms with Gasteiger partial charge in [0.25, 0.3) is 5.91 Å². The molecule has 1 amide bonds. The molecule has 1 N–H and O–H groups in total. The van der Waals surface area contributed by atoms with Crippen molar-refractivity contribution in [2.75, 3.05) is 20.6 Å². The maximum atomic E-state index is 12.1. The fourth-order valence-electron chi connectivity index (χ4n) is 2.90. The van der Waals surface area contributed by atoms with Crippen LogP contribution in [0.1, 0.15) is 32.9 Å². The standard InChI is InChI=1S/C17H19N5O/c1-21(2)17(23)16-14-6-7-22(11-15(14)19-20-16)10-13-5-3-4-12(8-13)9-18/h3-5,8H,6-7,10-11H2,1-2H3,(H,19,20). The Morgan fingerprint density at radius 1 is 1.48 bits per heavy atom. The zero-order chi connectivity index (χ0) is 16.4. The molecule has 0 saturated carbocycles. The van der Waals surface area contributed by atoms with Crippen molar-refractivity contribution in [1.82, 2.24) is 20.0 Å². The zero-order valence-corrected chi connectivity index (χ0v) is 13.3. The van der Waals surface area contributed by atoms with Crippen LogP contribution in [-0.4, -0.2) is 46.5 Å². The SMILES string of the molecule is CN(C)C(=O)c1n[nH]c2c1CCN(Cc1cccc(C#N)c1)C2. The van der Waals surface area contributed by atoms with Crippen LogP contribution in [0.15, 0.2) is 24.3 Å². The second-order valence-corrected chi connectivity index (χ2v) is 6.00. The fraction of sp³-hybridized carbons (Fsp3) is 0.353. The first kappa shape index (κ1) is 15.3. The first-order valence-corrected chi connectivity index (χ1v) is 7.57. The van der Waals surface area contributed by atoms with Gasteiger partial charge in [-0.3, -0.25) is 14.8 Å². The van der Waals surface area contributed by atoms with Crippen molar-refractivity contribution in [2.45, 2.75) is 19.5 Å². The van der Waals surface area contributed by atoms with Gasteiger partial charge in [-0.15, -0.1) is 0 Å². The molecule has 0 bridgehead atoms. The summed E-state index contributed by atoms with van der Waals surface area (Å²) < 4.78 is 0. The molecule has 0 fully saturated rings. The first-order chi connectivity index (χ1) is 11.1. The predicted octanol–water partition coefficient (Wildman–Crippen LogP) is 1.54. The average molecular weight is 309 g/mol. The van der Waals surface area contributed by atoms with Gasteiger partial charge in [-0.1, -0.05) is 12.1 Å². The Bertz CT molecular complexity index is 772. The number of H-pyrrole nitrogens is 1. The van der Waals surface area contributed by atoms with E-state index in [1.54, 1.807) is 19.0 Å². The van der Waals surface area contributed by atoms with E-state index in [0.717, 1.165) is 42.9 Å². The predicted molar refractivity (Wildman–Crippen MR) is 85.6 cm³/mol. The van der Waals surface area contributed by atoms with Gasteiger partial charge in [0, 0.05) is 39.3 Å². The molecule has 0 spiro atoms. The maximum Gasteiger partial charge on any atom is 0.274 e. The number of carbonyl (C=O) groups is 1. The van der Waals surface area contributed by atoms with E-state index in [0.29, 0.717) is 11.3 Å². The average Bonchev–Trinajstić information content (AvgIpc) is 2.97. The largest absolute Gasteiger partial charge is 0.343 e. The monoisotopic (exact) mass is 309 g/mol. The van der Waals surface area contributed by atoms with Crippen molar-refractivity contribution in [3.63, 3.8) is 0 Å². The number of carbonyl (C=O) groups excluding carboxylic acids is 1. The molecule has 2 aromatic rings. The smallest absolute Gasteiger partial charge is 0.274 e. The summed E-state index contributed by atoms with van der Waals surface area (Å²) in [6, 6.07) is 9.84. The molecule has 1 aliphatic heterocycles. The Morgan fingerprint density at radius 2 is 2.30 bits per heavy atom. The number of amides is 1. The van der Waals surface area contributed by atoms with E-state index in [2.05, 4.69) is 21.2 Å². The van der Waals surface area contributed by atoms with Crippen LogP contribution < -0.4 is 0 Å². The highest BCUT2D eigenvalue weighted by atomic mass is 16.2. The van der Waals surface area contributed by atoms with E-state index in [4.69, 9.17) is 5.26 Å². The van der Waals surface area contributed by atoms with E-state index in [1.165, 1.54) is 0 Å². The van der Waals surface area contributed by atoms with Crippen LogP contribution in [0.25, 0.3) is 0 Å². The van der Waals surface area contributed by atoms with Gasteiger partial charge >= 0.3 is 0 Å². The third-order valence-corrected chi connectivity index (χ3v) is 4.08. The van der Waals surface area contributed by atoms with Crippen LogP contribution in [0.4, 0.5) is 0 Å². The third kappa shape index (κ3) is 3.10. The number of nitrogens with zero attached hydrogens (tertiary/aromatic N) is 4. The summed E-state index contributed by atoms with van der Waals surface area (Å²) in [5.41, 5.74) is 4.39. The number of nitrogens with one attached hydrogen (secondary N) is 1. The van der Waals surface area contributed by atoms with E-state index in [9.17, 15) is 4.79 Å². The van der Waals surface area contributed by atoms with E-state index < -0.39 is 0 Å². The summed E-state index contributed by atoms with van der Waals surface area (Å²) in [4.78, 5) is 16.0. The number of benzene rings is 1. The van der Waals surface area contributed by atoms with Crippen molar-refractivity contribution in [1.29, 1.82) is 5.26 Å². The summed E-state index contributed by atoms with van der Waals surface area (Å²) in [6.07, 6.45) is 0.804. The van der Waals surface area contributed by atoms with Crippen molar-refractivity contribution in [2.24, 2.45) is 0 Å². The van der Waals surface area contributed by atoms with Crippen LogP contribution >= 0.6 is 0 Å². The Hall–Kier alpha value is -2.65. The Kier molecular flexibility index (Phi) is 4.13. The molecule has 1 aromatic carbocycles. The highest BCUT2D eigenvalue weighted by Gasteiger charge is 2.25. The Labute approximate surface area is 135 Å². The van der Waals surface area contributed by atoms with Crippen molar-refractivity contribution in [3.8, 4) is 6.07 Å². The number of hydrogen-bond acceptors (Lipinski definition) is 4. The van der Waals surface area contributed by atoms with Gasteiger partial charge < -0.3 is 4.90 Å². The normalized spacial score (nSPS) is 14.1. The van der Waals surface area contributed by atoms with Crippen molar-refractivity contribution >= 4 is 5.91 Å². The first-order valence-electron chi connectivity index (χ1n) is 7.57. The molecule has 0 radical (unpaired) electrons. The van der Waals surface area contributed by atoms with Crippen LogP contribution in [0.3, 0.4) is 0 Å². The van der Waals surface area contributed by atoms with Gasteiger partial charge in [-0.25, -0.2) is 0 Å². The third-order valence-electron chi connectivity index (χ3n) is 4.08. The number of nitriles is 1. The minimum absolute atomic E-state index is 0.0577. The molecule has 2 heterocycles. The molecule has 6 nitrogen and oxygen atoms in total. The number of aromatic amines is 1. The van der Waals surface area contributed by atoms with E-state index >= 15 is 0 Å². The summed E-state index contributed by atoms with van der Waals surface area (Å²) in [7, 11) is 3.47. The van der Waals surface area contributed by atoms with Crippen LogP contribution in [0.5, 0.6) is 0 Å². The summed E-state index contributed by atoms with van der Waals surface area (Å²) in [5.74, 6) is -0.0577. The molecule has 6 heteroatoms. The molecule has 1 aromatic heterocycles. The van der Waals surface area contributed by atoms with Gasteiger partial charge in [0.05, 0.1) is 17.3 Å². The lowest BCUT2D eigenvalue weighted by Gasteiger charge is -2.26. The van der Waals surface area contributed by atoms with Crippen LogP contribution in [0.2, 0.25) is 0 Å². The molecular weight excluding hydrogens is 290 g/mol. The van der Waals surface area contributed by atoms with Crippen LogP contribution in [-0.2, 0) is 19.5 Å². The zero-order valence-electron chi connectivity index (χ0n) is 13.3. The summed E-state index contributed by atoms with van der Waals surface area (Å²) >= 11 is 0. The molecule has 23 heavy (non-hydrogen) atoms. The number of aromatic nitrogens is 2. The van der Waals surface area contributed by atoms with Gasteiger partial charge in [0.15, 0.2) is 5.69 Å². The molecular formula is C17H19N5O. The Balaban J connectivity index is 1.74. The second kappa shape index (κ2) is 6.23. The lowest BCUT2D eigenvalue weighted by molar-refractivity contribution is 0.0820. The lowest BCUT2D eigenvalue weighted by atomic mass is 10.0. The highest BCUT2D eigenvalue weighted by Crippen LogP contribution is 2.22. The maximum absolute atomic E-state index is 12.1. The number of rotatable bonds is 3. The van der Waals surface area contributed by atoms with Gasteiger partial charge in [-0.2, -0.15) is 10.4 Å². The van der Waals surface area contributed by atoms with E-state index in [-0.39, 0.29) is 5.91 Å². The molecule has 118 valence electrons. The molecule has 3 rings (SSSR count). The van der Waals surface area contributed by atoms with Gasteiger partial charge in [0.1, 0.15) is 0 Å². The molecule has 0 unspecified atom stereocenters. The molecule has 0 saturated heterocycles. The minimum atomic E-state index is -0.0577. The van der Waals surface area contributed by atoms with Gasteiger partial charge in [0.2, 0.25) is 0 Å². The molecule has 1 aliphatic rings. The molecule has 0 atom stereocenters. The lowest BCUT2D eigenvalue weighted by Crippen LogP contribution is -2.31.